The van der Waals surface area contributed by atoms with Gasteiger partial charge in [0.25, 0.3) is 5.91 Å². The molecule has 156 valence electrons. The molecule has 8 nitrogen and oxygen atoms in total. The van der Waals surface area contributed by atoms with Gasteiger partial charge < -0.3 is 10.1 Å². The van der Waals surface area contributed by atoms with Gasteiger partial charge in [0.15, 0.2) is 6.61 Å². The van der Waals surface area contributed by atoms with Crippen molar-refractivity contribution in [2.75, 3.05) is 19.7 Å². The van der Waals surface area contributed by atoms with Crippen LogP contribution in [-0.2, 0) is 24.3 Å². The molecule has 1 N–H and O–H groups in total. The smallest absolute Gasteiger partial charge is 0.309 e. The molecule has 2 aliphatic rings. The number of sulfonamides is 1. The first-order valence-electron chi connectivity index (χ1n) is 9.86. The highest BCUT2D eigenvalue weighted by Gasteiger charge is 2.33. The van der Waals surface area contributed by atoms with Gasteiger partial charge in [-0.1, -0.05) is 12.8 Å². The third-order valence-electron chi connectivity index (χ3n) is 5.47. The number of hydrogen-bond acceptors (Lipinski definition) is 6. The second-order valence-electron chi connectivity index (χ2n) is 7.47. The van der Waals surface area contributed by atoms with E-state index in [1.807, 2.05) is 6.07 Å². The highest BCUT2D eigenvalue weighted by atomic mass is 32.2. The molecule has 0 unspecified atom stereocenters. The number of ether oxygens (including phenoxy) is 1. The van der Waals surface area contributed by atoms with E-state index in [0.717, 1.165) is 25.7 Å². The Bertz CT molecular complexity index is 878. The van der Waals surface area contributed by atoms with Crippen LogP contribution in [0.4, 0.5) is 0 Å². The monoisotopic (exact) mass is 419 g/mol. The Balaban J connectivity index is 1.47. The summed E-state index contributed by atoms with van der Waals surface area (Å²) in [7, 11) is -3.67. The maximum absolute atomic E-state index is 12.7. The normalized spacial score (nSPS) is 18.9. The van der Waals surface area contributed by atoms with Gasteiger partial charge in [-0.3, -0.25) is 9.59 Å². The first-order chi connectivity index (χ1) is 13.9. The lowest BCUT2D eigenvalue weighted by atomic mass is 9.98. The number of esters is 1. The number of carbonyl (C=O) groups is 2. The summed E-state index contributed by atoms with van der Waals surface area (Å²) < 4.78 is 31.9. The summed E-state index contributed by atoms with van der Waals surface area (Å²) in [5.41, 5.74) is 0.391. The van der Waals surface area contributed by atoms with Crippen molar-refractivity contribution < 1.29 is 22.7 Å². The van der Waals surface area contributed by atoms with Gasteiger partial charge in [-0.05, 0) is 49.9 Å². The average molecular weight is 420 g/mol. The molecule has 9 heteroatoms. The van der Waals surface area contributed by atoms with Gasteiger partial charge in [-0.15, -0.1) is 0 Å². The van der Waals surface area contributed by atoms with Gasteiger partial charge in [0, 0.05) is 19.1 Å². The van der Waals surface area contributed by atoms with Crippen molar-refractivity contribution in [1.82, 2.24) is 9.62 Å². The lowest BCUT2D eigenvalue weighted by molar-refractivity contribution is -0.153. The third kappa shape index (κ3) is 5.34. The first kappa shape index (κ1) is 21.3. The minimum Gasteiger partial charge on any atom is -0.455 e. The molecule has 1 aliphatic heterocycles. The molecule has 0 spiro atoms. The summed E-state index contributed by atoms with van der Waals surface area (Å²) in [4.78, 5) is 24.2. The lowest BCUT2D eigenvalue weighted by Crippen LogP contribution is -2.41. The van der Waals surface area contributed by atoms with Crippen LogP contribution < -0.4 is 5.32 Å². The Morgan fingerprint density at radius 1 is 1.10 bits per heavy atom. The number of rotatable bonds is 6. The molecule has 1 saturated heterocycles. The van der Waals surface area contributed by atoms with Crippen molar-refractivity contribution in [3.05, 3.63) is 29.8 Å². The Kier molecular flexibility index (Phi) is 6.87. The molecule has 2 fully saturated rings. The number of hydrogen-bond donors (Lipinski definition) is 1. The summed E-state index contributed by atoms with van der Waals surface area (Å²) in [6, 6.07) is 7.89. The minimum absolute atomic E-state index is 0.126. The zero-order valence-electron chi connectivity index (χ0n) is 16.2. The van der Waals surface area contributed by atoms with Crippen LogP contribution in [-0.4, -0.2) is 50.3 Å². The van der Waals surface area contributed by atoms with Crippen LogP contribution in [0.2, 0.25) is 0 Å². The molecule has 0 atom stereocenters. The molecule has 29 heavy (non-hydrogen) atoms. The Morgan fingerprint density at radius 2 is 1.72 bits per heavy atom. The molecule has 1 heterocycles. The predicted molar refractivity (Wildman–Crippen MR) is 104 cm³/mol. The van der Waals surface area contributed by atoms with Crippen molar-refractivity contribution in [1.29, 1.82) is 5.26 Å². The van der Waals surface area contributed by atoms with E-state index in [2.05, 4.69) is 5.32 Å². The third-order valence-corrected chi connectivity index (χ3v) is 7.39. The fraction of sp³-hybridized carbons (Fsp3) is 0.550. The number of nitrogens with one attached hydrogen (secondary N) is 1. The van der Waals surface area contributed by atoms with E-state index < -0.39 is 21.9 Å². The number of piperidine rings is 1. The Labute approximate surface area is 170 Å². The molecule has 1 aliphatic carbocycles. The van der Waals surface area contributed by atoms with E-state index in [-0.39, 0.29) is 36.5 Å². The second-order valence-corrected chi connectivity index (χ2v) is 9.41. The highest BCUT2D eigenvalue weighted by molar-refractivity contribution is 7.89. The Hall–Kier alpha value is -2.44. The molecule has 3 rings (SSSR count). The van der Waals surface area contributed by atoms with Gasteiger partial charge in [0.1, 0.15) is 0 Å². The molecule has 0 aromatic heterocycles. The van der Waals surface area contributed by atoms with Crippen molar-refractivity contribution in [3.8, 4) is 6.07 Å². The van der Waals surface area contributed by atoms with E-state index in [4.69, 9.17) is 10.00 Å². The molecule has 1 aromatic rings. The maximum Gasteiger partial charge on any atom is 0.309 e. The van der Waals surface area contributed by atoms with Crippen LogP contribution in [0.3, 0.4) is 0 Å². The first-order valence-corrected chi connectivity index (χ1v) is 11.3. The number of nitriles is 1. The van der Waals surface area contributed by atoms with Crippen molar-refractivity contribution in [2.45, 2.75) is 49.5 Å². The van der Waals surface area contributed by atoms with Gasteiger partial charge in [-0.2, -0.15) is 9.57 Å². The predicted octanol–water partition coefficient (Wildman–Crippen LogP) is 1.56. The van der Waals surface area contributed by atoms with Crippen LogP contribution in [0.1, 0.15) is 44.1 Å². The van der Waals surface area contributed by atoms with Crippen LogP contribution >= 0.6 is 0 Å². The van der Waals surface area contributed by atoms with Crippen molar-refractivity contribution in [3.63, 3.8) is 0 Å². The number of benzene rings is 1. The summed E-state index contributed by atoms with van der Waals surface area (Å²) in [5.74, 6) is -1.16. The van der Waals surface area contributed by atoms with Crippen LogP contribution in [0.15, 0.2) is 29.2 Å². The number of amides is 1. The van der Waals surface area contributed by atoms with Crippen molar-refractivity contribution in [2.24, 2.45) is 5.92 Å². The van der Waals surface area contributed by atoms with Crippen molar-refractivity contribution >= 4 is 21.9 Å². The van der Waals surface area contributed by atoms with Crippen LogP contribution in [0, 0.1) is 17.2 Å². The molecular formula is C20H25N3O5S. The topological polar surface area (TPSA) is 117 Å². The van der Waals surface area contributed by atoms with E-state index in [1.54, 1.807) is 0 Å². The summed E-state index contributed by atoms with van der Waals surface area (Å²) in [5, 5.41) is 11.7. The zero-order valence-corrected chi connectivity index (χ0v) is 17.0. The quantitative estimate of drug-likeness (QED) is 0.700. The summed E-state index contributed by atoms with van der Waals surface area (Å²) >= 11 is 0. The largest absolute Gasteiger partial charge is 0.455 e. The molecular weight excluding hydrogens is 394 g/mol. The molecule has 0 radical (unpaired) electrons. The van der Waals surface area contributed by atoms with E-state index in [1.165, 1.54) is 28.6 Å². The fourth-order valence-electron chi connectivity index (χ4n) is 3.78. The Morgan fingerprint density at radius 3 is 2.31 bits per heavy atom. The number of nitrogens with zero attached hydrogens (tertiary/aromatic N) is 2. The molecule has 1 saturated carbocycles. The van der Waals surface area contributed by atoms with Crippen LogP contribution in [0.5, 0.6) is 0 Å². The summed E-state index contributed by atoms with van der Waals surface area (Å²) in [6.07, 6.45) is 4.83. The minimum atomic E-state index is -3.67. The fourth-order valence-corrected chi connectivity index (χ4v) is 5.25. The van der Waals surface area contributed by atoms with E-state index in [9.17, 15) is 18.0 Å². The second kappa shape index (κ2) is 9.37. The van der Waals surface area contributed by atoms with Gasteiger partial charge in [0.2, 0.25) is 10.0 Å². The highest BCUT2D eigenvalue weighted by Crippen LogP contribution is 2.25. The molecule has 1 amide bonds. The van der Waals surface area contributed by atoms with E-state index >= 15 is 0 Å². The SMILES string of the molecule is N#Cc1ccc(S(=O)(=O)N2CCC(C(=O)OCC(=O)NC3CCCC3)CC2)cc1. The molecule has 0 bridgehead atoms. The maximum atomic E-state index is 12.7. The average Bonchev–Trinajstić information content (AvgIpc) is 3.25. The standard InChI is InChI=1S/C20H25N3O5S/c21-13-15-5-7-18(8-6-15)29(26,27)23-11-9-16(10-12-23)20(25)28-14-19(24)22-17-3-1-2-4-17/h5-8,16-17H,1-4,9-12,14H2,(H,22,24). The van der Waals surface area contributed by atoms with Crippen LogP contribution in [0.25, 0.3) is 0 Å². The summed E-state index contributed by atoms with van der Waals surface area (Å²) in [6.45, 7) is 0.117. The zero-order chi connectivity index (χ0) is 20.9. The molecule has 1 aromatic carbocycles. The van der Waals surface area contributed by atoms with Gasteiger partial charge in [0.05, 0.1) is 22.4 Å². The van der Waals surface area contributed by atoms with E-state index in [0.29, 0.717) is 18.4 Å². The van der Waals surface area contributed by atoms with Gasteiger partial charge in [-0.25, -0.2) is 8.42 Å². The number of carbonyl (C=O) groups excluding carboxylic acids is 2. The van der Waals surface area contributed by atoms with Gasteiger partial charge >= 0.3 is 5.97 Å². The lowest BCUT2D eigenvalue weighted by Gasteiger charge is -2.30.